The van der Waals surface area contributed by atoms with Crippen LogP contribution in [0.15, 0.2) is 79.9 Å². The summed E-state index contributed by atoms with van der Waals surface area (Å²) < 4.78 is 6.51. The number of para-hydroxylation sites is 1. The number of fused-ring (bicyclic) bond motifs is 2. The number of allylic oxidation sites excluding steroid dienone is 1. The minimum atomic E-state index is -0.916. The maximum Gasteiger partial charge on any atom is 0.310 e. The minimum Gasteiger partial charge on any atom is -0.465 e. The van der Waals surface area contributed by atoms with Crippen LogP contribution in [-0.2, 0) is 25.8 Å². The summed E-state index contributed by atoms with van der Waals surface area (Å²) in [6, 6.07) is 15.1. The third-order valence-corrected chi connectivity index (χ3v) is 11.1. The molecule has 3 aliphatic rings. The normalized spacial score (nSPS) is 26.0. The van der Waals surface area contributed by atoms with Crippen LogP contribution in [0.4, 0.5) is 0 Å². The first kappa shape index (κ1) is 30.1. The number of rotatable bonds is 13. The second-order valence-electron chi connectivity index (χ2n) is 11.6. The largest absolute Gasteiger partial charge is 0.465 e. The maximum atomic E-state index is 14.9. The lowest BCUT2D eigenvalue weighted by atomic mass is 9.71. The first-order valence-corrected chi connectivity index (χ1v) is 15.9. The van der Waals surface area contributed by atoms with Crippen molar-refractivity contribution in [3.63, 3.8) is 0 Å². The molecular weight excluding hydrogens is 578 g/mol. The van der Waals surface area contributed by atoms with Crippen molar-refractivity contribution in [1.29, 1.82) is 0 Å². The summed E-state index contributed by atoms with van der Waals surface area (Å²) >= 11 is 1.57. The molecule has 1 aromatic heterocycles. The molecule has 3 aliphatic heterocycles. The average Bonchev–Trinajstić information content (AvgIpc) is 3.80. The average molecular weight is 616 g/mol. The highest BCUT2D eigenvalue weighted by Gasteiger charge is 2.75. The number of aliphatic hydroxyl groups is 1. The van der Waals surface area contributed by atoms with E-state index in [9.17, 15) is 19.5 Å². The van der Waals surface area contributed by atoms with Gasteiger partial charge in [0.05, 0.1) is 41.4 Å². The van der Waals surface area contributed by atoms with E-state index in [1.54, 1.807) is 38.4 Å². The third kappa shape index (κ3) is 5.01. The Morgan fingerprint density at radius 1 is 1.16 bits per heavy atom. The smallest absolute Gasteiger partial charge is 0.310 e. The van der Waals surface area contributed by atoms with Gasteiger partial charge in [0.15, 0.2) is 0 Å². The Hall–Kier alpha value is -3.96. The molecule has 0 saturated carbocycles. The zero-order valence-electron chi connectivity index (χ0n) is 24.5. The summed E-state index contributed by atoms with van der Waals surface area (Å²) in [5, 5.41) is 19.1. The number of ether oxygens (including phenoxy) is 1. The molecule has 2 unspecified atom stereocenters. The quantitative estimate of drug-likeness (QED) is 0.176. The Kier molecular flexibility index (Phi) is 8.59. The van der Waals surface area contributed by atoms with Gasteiger partial charge < -0.3 is 19.6 Å². The first-order valence-electron chi connectivity index (χ1n) is 15.1. The molecule has 0 aliphatic carbocycles. The van der Waals surface area contributed by atoms with Crippen LogP contribution in [0, 0.1) is 11.8 Å². The SMILES string of the molecule is C=CCCCOC(=O)[C@@H]1[C@H]2C(=O)N([C@H](CO)c3ccccc3)C(C(=O)N(CC=C)Cn3nnc4ccccc43)C23CC[C@H]1S3. The number of esters is 1. The number of likely N-dealkylation sites (tertiary alicyclic amines) is 1. The van der Waals surface area contributed by atoms with Crippen molar-refractivity contribution in [3.05, 3.63) is 85.5 Å². The molecule has 1 spiro atoms. The van der Waals surface area contributed by atoms with E-state index in [4.69, 9.17) is 4.74 Å². The standard InChI is InChI=1S/C33H37N5O5S/c1-3-5-11-19-43-32(42)27-26-16-17-33(44-26)28(27)30(40)38(25(20-39)22-12-7-6-8-13-22)29(33)31(41)36(18-4-2)21-37-24-15-10-9-14-23(24)34-35-37/h3-4,6-10,12-15,25-29,39H,1-2,5,11,16-21H2/t25-,26-,27+,28+,29?,33?/m1/s1. The van der Waals surface area contributed by atoms with Crippen LogP contribution in [0.1, 0.15) is 37.3 Å². The van der Waals surface area contributed by atoms with Gasteiger partial charge in [-0.05, 0) is 43.4 Å². The van der Waals surface area contributed by atoms with Gasteiger partial charge in [0.2, 0.25) is 11.8 Å². The summed E-state index contributed by atoms with van der Waals surface area (Å²) in [5.41, 5.74) is 2.20. The number of hydrogen-bond donors (Lipinski definition) is 1. The lowest BCUT2D eigenvalue weighted by Gasteiger charge is -2.39. The van der Waals surface area contributed by atoms with Crippen LogP contribution in [-0.4, -0.2) is 83.5 Å². The van der Waals surface area contributed by atoms with Gasteiger partial charge in [-0.25, -0.2) is 4.68 Å². The zero-order chi connectivity index (χ0) is 30.8. The fourth-order valence-electron chi connectivity index (χ4n) is 7.23. The summed E-state index contributed by atoms with van der Waals surface area (Å²) in [5.74, 6) is -2.35. The minimum absolute atomic E-state index is 0.0998. The molecule has 2 bridgehead atoms. The highest BCUT2D eigenvalue weighted by atomic mass is 32.2. The van der Waals surface area contributed by atoms with Crippen LogP contribution in [0.5, 0.6) is 0 Å². The molecule has 10 nitrogen and oxygen atoms in total. The summed E-state index contributed by atoms with van der Waals surface area (Å²) in [6.07, 6.45) is 6.11. The van der Waals surface area contributed by atoms with Gasteiger partial charge in [-0.2, -0.15) is 0 Å². The number of aromatic nitrogens is 3. The van der Waals surface area contributed by atoms with Gasteiger partial charge in [-0.15, -0.1) is 30.0 Å². The molecule has 2 aromatic carbocycles. The van der Waals surface area contributed by atoms with E-state index < -0.39 is 34.6 Å². The highest BCUT2D eigenvalue weighted by molar-refractivity contribution is 8.02. The van der Waals surface area contributed by atoms with Crippen molar-refractivity contribution in [3.8, 4) is 0 Å². The third-order valence-electron chi connectivity index (χ3n) is 9.12. The predicted molar refractivity (Wildman–Crippen MR) is 167 cm³/mol. The number of carbonyl (C=O) groups is 3. The Morgan fingerprint density at radius 3 is 2.68 bits per heavy atom. The van der Waals surface area contributed by atoms with E-state index in [2.05, 4.69) is 23.5 Å². The van der Waals surface area contributed by atoms with Crippen molar-refractivity contribution < 1.29 is 24.2 Å². The first-order chi connectivity index (χ1) is 21.4. The molecule has 3 fully saturated rings. The molecule has 3 aromatic rings. The Labute approximate surface area is 260 Å². The van der Waals surface area contributed by atoms with Gasteiger partial charge >= 0.3 is 5.97 Å². The zero-order valence-corrected chi connectivity index (χ0v) is 25.3. The summed E-state index contributed by atoms with van der Waals surface area (Å²) in [7, 11) is 0. The second kappa shape index (κ2) is 12.6. The number of thioether (sulfide) groups is 1. The summed E-state index contributed by atoms with van der Waals surface area (Å²) in [6.45, 7) is 7.80. The van der Waals surface area contributed by atoms with Crippen molar-refractivity contribution in [1.82, 2.24) is 24.8 Å². The van der Waals surface area contributed by atoms with Gasteiger partial charge in [-0.1, -0.05) is 59.8 Å². The van der Waals surface area contributed by atoms with E-state index in [0.29, 0.717) is 24.8 Å². The van der Waals surface area contributed by atoms with Crippen molar-refractivity contribution in [2.24, 2.45) is 11.8 Å². The fourth-order valence-corrected chi connectivity index (χ4v) is 9.42. The lowest BCUT2D eigenvalue weighted by molar-refractivity contribution is -0.154. The van der Waals surface area contributed by atoms with Crippen molar-refractivity contribution in [2.45, 2.75) is 54.4 Å². The highest BCUT2D eigenvalue weighted by Crippen LogP contribution is 2.67. The van der Waals surface area contributed by atoms with Crippen LogP contribution < -0.4 is 0 Å². The number of unbranched alkanes of at least 4 members (excludes halogenated alkanes) is 1. The number of carbonyl (C=O) groups excluding carboxylic acids is 3. The fraction of sp³-hybridized carbons (Fsp3) is 0.424. The van der Waals surface area contributed by atoms with Crippen LogP contribution >= 0.6 is 11.8 Å². The van der Waals surface area contributed by atoms with Crippen LogP contribution in [0.25, 0.3) is 11.0 Å². The number of hydrogen-bond acceptors (Lipinski definition) is 8. The number of aliphatic hydroxyl groups excluding tert-OH is 1. The Balaban J connectivity index is 1.39. The topological polar surface area (TPSA) is 118 Å². The molecule has 0 radical (unpaired) electrons. The maximum absolute atomic E-state index is 14.9. The van der Waals surface area contributed by atoms with Crippen LogP contribution in [0.2, 0.25) is 0 Å². The van der Waals surface area contributed by atoms with E-state index in [1.165, 1.54) is 0 Å². The van der Waals surface area contributed by atoms with Gasteiger partial charge in [0.25, 0.3) is 0 Å². The number of nitrogens with zero attached hydrogens (tertiary/aromatic N) is 5. The van der Waals surface area contributed by atoms with Crippen molar-refractivity contribution in [2.75, 3.05) is 19.8 Å². The van der Waals surface area contributed by atoms with Crippen LogP contribution in [0.3, 0.4) is 0 Å². The summed E-state index contributed by atoms with van der Waals surface area (Å²) in [4.78, 5) is 46.2. The molecular formula is C33H37N5O5S. The molecule has 6 atom stereocenters. The van der Waals surface area contributed by atoms with E-state index in [-0.39, 0.29) is 43.5 Å². The lowest BCUT2D eigenvalue weighted by Crippen LogP contribution is -2.55. The van der Waals surface area contributed by atoms with Crippen molar-refractivity contribution >= 4 is 40.6 Å². The van der Waals surface area contributed by atoms with E-state index in [0.717, 1.165) is 17.5 Å². The molecule has 6 rings (SSSR count). The second-order valence-corrected chi connectivity index (χ2v) is 13.2. The molecule has 1 N–H and O–H groups in total. The molecule has 3 saturated heterocycles. The van der Waals surface area contributed by atoms with Gasteiger partial charge in [-0.3, -0.25) is 14.4 Å². The predicted octanol–water partition coefficient (Wildman–Crippen LogP) is 3.74. The molecule has 44 heavy (non-hydrogen) atoms. The molecule has 4 heterocycles. The van der Waals surface area contributed by atoms with E-state index >= 15 is 0 Å². The molecule has 2 amide bonds. The van der Waals surface area contributed by atoms with Gasteiger partial charge in [0, 0.05) is 11.8 Å². The van der Waals surface area contributed by atoms with Gasteiger partial charge in [0.1, 0.15) is 18.2 Å². The Bertz CT molecular complexity index is 1560. The molecule has 11 heteroatoms. The Morgan fingerprint density at radius 2 is 1.93 bits per heavy atom. The number of amides is 2. The number of benzene rings is 2. The molecule has 230 valence electrons. The van der Waals surface area contributed by atoms with E-state index in [1.807, 2.05) is 54.6 Å². The monoisotopic (exact) mass is 615 g/mol.